The van der Waals surface area contributed by atoms with Gasteiger partial charge in [-0.1, -0.05) is 35.3 Å². The van der Waals surface area contributed by atoms with Crippen molar-refractivity contribution in [2.45, 2.75) is 11.8 Å². The predicted octanol–water partition coefficient (Wildman–Crippen LogP) is 4.74. The van der Waals surface area contributed by atoms with Crippen molar-refractivity contribution in [3.63, 3.8) is 0 Å². The highest BCUT2D eigenvalue weighted by molar-refractivity contribution is 7.87. The molecule has 12 heteroatoms. The number of nitrogens with one attached hydrogen (secondary N) is 1. The van der Waals surface area contributed by atoms with E-state index in [-0.39, 0.29) is 27.7 Å². The van der Waals surface area contributed by atoms with Gasteiger partial charge in [0.25, 0.3) is 11.8 Å². The van der Waals surface area contributed by atoms with Crippen LogP contribution in [0.5, 0.6) is 11.5 Å². The van der Waals surface area contributed by atoms with Gasteiger partial charge in [-0.2, -0.15) is 8.42 Å². The first-order valence-electron chi connectivity index (χ1n) is 10.6. The summed E-state index contributed by atoms with van der Waals surface area (Å²) in [6.45, 7) is 1.69. The van der Waals surface area contributed by atoms with Crippen LogP contribution in [0.4, 0.5) is 10.5 Å². The Morgan fingerprint density at radius 1 is 0.892 bits per heavy atom. The minimum absolute atomic E-state index is 0.0224. The summed E-state index contributed by atoms with van der Waals surface area (Å²) >= 11 is 11.9. The van der Waals surface area contributed by atoms with Gasteiger partial charge in [0, 0.05) is 10.0 Å². The molecule has 0 aliphatic carbocycles. The number of amides is 4. The zero-order valence-corrected chi connectivity index (χ0v) is 21.6. The van der Waals surface area contributed by atoms with Gasteiger partial charge < -0.3 is 8.92 Å². The van der Waals surface area contributed by atoms with Gasteiger partial charge in [0.15, 0.2) is 11.5 Å². The van der Waals surface area contributed by atoms with E-state index in [0.717, 1.165) is 4.90 Å². The lowest BCUT2D eigenvalue weighted by Crippen LogP contribution is -2.54. The second kappa shape index (κ2) is 10.3. The van der Waals surface area contributed by atoms with Gasteiger partial charge in [-0.25, -0.2) is 9.69 Å². The molecule has 3 aromatic carbocycles. The summed E-state index contributed by atoms with van der Waals surface area (Å²) < 4.78 is 35.8. The van der Waals surface area contributed by atoms with Crippen LogP contribution in [0.2, 0.25) is 10.0 Å². The van der Waals surface area contributed by atoms with E-state index in [1.165, 1.54) is 61.7 Å². The molecule has 0 aromatic heterocycles. The Labute approximate surface area is 222 Å². The number of carbonyl (C=O) groups is 3. The van der Waals surface area contributed by atoms with Crippen molar-refractivity contribution in [2.24, 2.45) is 0 Å². The average Bonchev–Trinajstić information content (AvgIpc) is 2.84. The van der Waals surface area contributed by atoms with Crippen LogP contribution in [-0.4, -0.2) is 33.4 Å². The topological polar surface area (TPSA) is 119 Å². The van der Waals surface area contributed by atoms with Crippen LogP contribution in [0.25, 0.3) is 6.08 Å². The fraction of sp³-hybridized carbons (Fsp3) is 0.0800. The van der Waals surface area contributed by atoms with Crippen LogP contribution in [-0.2, 0) is 19.7 Å². The highest BCUT2D eigenvalue weighted by Gasteiger charge is 2.37. The van der Waals surface area contributed by atoms with Gasteiger partial charge in [-0.05, 0) is 72.7 Å². The van der Waals surface area contributed by atoms with Crippen LogP contribution < -0.4 is 19.1 Å². The zero-order chi connectivity index (χ0) is 26.9. The highest BCUT2D eigenvalue weighted by atomic mass is 35.5. The van der Waals surface area contributed by atoms with Crippen molar-refractivity contribution in [3.05, 3.63) is 87.4 Å². The Morgan fingerprint density at radius 2 is 1.57 bits per heavy atom. The molecule has 0 bridgehead atoms. The third kappa shape index (κ3) is 5.46. The van der Waals surface area contributed by atoms with E-state index < -0.39 is 28.0 Å². The standard InChI is InChI=1S/C25H18Cl2N2O7S/c1-14-3-5-17(27)13-20(14)29-24(31)19(23(30)28-25(29)32)11-15-4-10-21(22(12-15)35-2)36-37(33,34)18-8-6-16(26)7-9-18/h3-13H,1-2H3,(H,28,30,32)/b19-11+. The Hall–Kier alpha value is -3.86. The molecule has 1 fully saturated rings. The molecule has 0 radical (unpaired) electrons. The molecule has 1 heterocycles. The average molecular weight is 561 g/mol. The minimum atomic E-state index is -4.20. The lowest BCUT2D eigenvalue weighted by Gasteiger charge is -2.27. The number of methoxy groups -OCH3 is 1. The summed E-state index contributed by atoms with van der Waals surface area (Å²) in [6.07, 6.45) is 1.25. The number of rotatable bonds is 6. The molecule has 4 amide bonds. The van der Waals surface area contributed by atoms with Gasteiger partial charge in [0.05, 0.1) is 12.8 Å². The Bertz CT molecular complexity index is 1570. The third-order valence-electron chi connectivity index (χ3n) is 5.31. The summed E-state index contributed by atoms with van der Waals surface area (Å²) in [5, 5.41) is 2.80. The quantitative estimate of drug-likeness (QED) is 0.262. The molecule has 1 N–H and O–H groups in total. The normalized spacial score (nSPS) is 15.1. The largest absolute Gasteiger partial charge is 0.493 e. The van der Waals surface area contributed by atoms with Crippen LogP contribution in [0.3, 0.4) is 0 Å². The van der Waals surface area contributed by atoms with E-state index in [1.54, 1.807) is 19.1 Å². The number of imide groups is 2. The van der Waals surface area contributed by atoms with Crippen molar-refractivity contribution in [2.75, 3.05) is 12.0 Å². The Kier molecular flexibility index (Phi) is 7.26. The summed E-state index contributed by atoms with van der Waals surface area (Å²) in [4.78, 5) is 38.9. The number of barbiturate groups is 1. The van der Waals surface area contributed by atoms with Crippen LogP contribution in [0, 0.1) is 6.92 Å². The van der Waals surface area contributed by atoms with E-state index in [4.69, 9.17) is 32.1 Å². The lowest BCUT2D eigenvalue weighted by molar-refractivity contribution is -0.122. The minimum Gasteiger partial charge on any atom is -0.493 e. The van der Waals surface area contributed by atoms with Gasteiger partial charge in [-0.15, -0.1) is 0 Å². The predicted molar refractivity (Wildman–Crippen MR) is 137 cm³/mol. The highest BCUT2D eigenvalue weighted by Crippen LogP contribution is 2.33. The number of carbonyl (C=O) groups excluding carboxylic acids is 3. The van der Waals surface area contributed by atoms with E-state index >= 15 is 0 Å². The smallest absolute Gasteiger partial charge is 0.339 e. The number of hydrogen-bond acceptors (Lipinski definition) is 7. The van der Waals surface area contributed by atoms with Gasteiger partial charge in [0.1, 0.15) is 10.5 Å². The monoisotopic (exact) mass is 560 g/mol. The fourth-order valence-electron chi connectivity index (χ4n) is 3.48. The molecule has 1 aliphatic heterocycles. The molecule has 0 saturated carbocycles. The first kappa shape index (κ1) is 26.2. The molecule has 0 spiro atoms. The number of anilines is 1. The maximum absolute atomic E-state index is 13.2. The van der Waals surface area contributed by atoms with Crippen molar-refractivity contribution < 1.29 is 31.7 Å². The fourth-order valence-corrected chi connectivity index (χ4v) is 4.71. The van der Waals surface area contributed by atoms with Crippen LogP contribution >= 0.6 is 23.2 Å². The number of ether oxygens (including phenoxy) is 1. The van der Waals surface area contributed by atoms with E-state index in [9.17, 15) is 22.8 Å². The van der Waals surface area contributed by atoms with E-state index in [0.29, 0.717) is 21.2 Å². The molecule has 0 atom stereocenters. The maximum atomic E-state index is 13.2. The molecule has 4 rings (SSSR count). The molecule has 190 valence electrons. The number of nitrogens with zero attached hydrogens (tertiary/aromatic N) is 1. The SMILES string of the molecule is COc1cc(/C=C2\C(=O)NC(=O)N(c3cc(Cl)ccc3C)C2=O)ccc1OS(=O)(=O)c1ccc(Cl)cc1. The van der Waals surface area contributed by atoms with Crippen LogP contribution in [0.1, 0.15) is 11.1 Å². The van der Waals surface area contributed by atoms with E-state index in [1.807, 2.05) is 0 Å². The van der Waals surface area contributed by atoms with Crippen LogP contribution in [0.15, 0.2) is 71.1 Å². The van der Waals surface area contributed by atoms with Crippen molar-refractivity contribution in [1.29, 1.82) is 0 Å². The zero-order valence-electron chi connectivity index (χ0n) is 19.3. The number of benzene rings is 3. The molecule has 9 nitrogen and oxygen atoms in total. The first-order valence-corrected chi connectivity index (χ1v) is 12.7. The molecule has 37 heavy (non-hydrogen) atoms. The Balaban J connectivity index is 1.67. The number of aryl methyl sites for hydroxylation is 1. The molecular formula is C25H18Cl2N2O7S. The maximum Gasteiger partial charge on any atom is 0.339 e. The second-order valence-electron chi connectivity index (χ2n) is 7.79. The molecule has 3 aromatic rings. The molecular weight excluding hydrogens is 543 g/mol. The van der Waals surface area contributed by atoms with Crippen molar-refractivity contribution in [1.82, 2.24) is 5.32 Å². The molecule has 1 saturated heterocycles. The summed E-state index contributed by atoms with van der Waals surface area (Å²) in [7, 11) is -2.90. The van der Waals surface area contributed by atoms with Crippen molar-refractivity contribution in [3.8, 4) is 11.5 Å². The Morgan fingerprint density at radius 3 is 2.24 bits per heavy atom. The van der Waals surface area contributed by atoms with E-state index in [2.05, 4.69) is 5.32 Å². The summed E-state index contributed by atoms with van der Waals surface area (Å²) in [5.41, 5.74) is 0.793. The first-order chi connectivity index (χ1) is 17.5. The third-order valence-corrected chi connectivity index (χ3v) is 7.05. The second-order valence-corrected chi connectivity index (χ2v) is 10.2. The molecule has 0 unspecified atom stereocenters. The van der Waals surface area contributed by atoms with Crippen molar-refractivity contribution >= 4 is 62.9 Å². The molecule has 1 aliphatic rings. The van der Waals surface area contributed by atoms with Gasteiger partial charge in [0.2, 0.25) is 0 Å². The number of hydrogen-bond donors (Lipinski definition) is 1. The lowest BCUT2D eigenvalue weighted by atomic mass is 10.1. The summed E-state index contributed by atoms with van der Waals surface area (Å²) in [6, 6.07) is 13.3. The number of urea groups is 1. The van der Waals surface area contributed by atoms with Gasteiger partial charge >= 0.3 is 16.1 Å². The van der Waals surface area contributed by atoms with Gasteiger partial charge in [-0.3, -0.25) is 14.9 Å². The summed E-state index contributed by atoms with van der Waals surface area (Å²) in [5.74, 6) is -1.85. The number of halogens is 2.